The molecule has 0 aliphatic heterocycles. The first-order chi connectivity index (χ1) is 14.2. The third-order valence-electron chi connectivity index (χ3n) is 4.24. The molecule has 0 bridgehead atoms. The highest BCUT2D eigenvalue weighted by atomic mass is 127. The van der Waals surface area contributed by atoms with Crippen molar-refractivity contribution in [2.24, 2.45) is 0 Å². The largest absolute Gasteiger partial charge is 0.339 e. The highest BCUT2D eigenvalue weighted by Crippen LogP contribution is 2.29. The summed E-state index contributed by atoms with van der Waals surface area (Å²) >= 11 is 25.7. The molecule has 0 radical (unpaired) electrons. The molecule has 0 aromatic heterocycles. The van der Waals surface area contributed by atoms with Crippen molar-refractivity contribution in [2.75, 3.05) is 5.32 Å². The number of anilines is 1. The van der Waals surface area contributed by atoms with Crippen LogP contribution < -0.4 is 16.0 Å². The molecule has 3 N–H and O–H groups in total. The van der Waals surface area contributed by atoms with E-state index in [-0.39, 0.29) is 17.4 Å². The van der Waals surface area contributed by atoms with E-state index in [1.807, 2.05) is 66.7 Å². The van der Waals surface area contributed by atoms with E-state index < -0.39 is 9.96 Å². The summed E-state index contributed by atoms with van der Waals surface area (Å²) in [6.07, 6.45) is -0.883. The van der Waals surface area contributed by atoms with Gasteiger partial charge in [-0.2, -0.15) is 0 Å². The average molecular weight is 593 g/mol. The molecular formula is C21H17Cl3IN3OS. The van der Waals surface area contributed by atoms with Crippen molar-refractivity contribution in [3.63, 3.8) is 0 Å². The van der Waals surface area contributed by atoms with Gasteiger partial charge in [-0.1, -0.05) is 77.3 Å². The molecule has 3 aromatic carbocycles. The molecule has 3 aromatic rings. The summed E-state index contributed by atoms with van der Waals surface area (Å²) in [6, 6.07) is 21.3. The molecule has 3 rings (SSSR count). The Balaban J connectivity index is 1.67. The van der Waals surface area contributed by atoms with Gasteiger partial charge in [-0.3, -0.25) is 4.79 Å². The van der Waals surface area contributed by atoms with Gasteiger partial charge in [0, 0.05) is 9.26 Å². The predicted octanol–water partition coefficient (Wildman–Crippen LogP) is 5.79. The molecule has 30 heavy (non-hydrogen) atoms. The van der Waals surface area contributed by atoms with Gasteiger partial charge in [0.2, 0.25) is 9.70 Å². The van der Waals surface area contributed by atoms with Crippen molar-refractivity contribution in [2.45, 2.75) is 16.4 Å². The summed E-state index contributed by atoms with van der Waals surface area (Å²) < 4.78 is -0.719. The number of carbonyl (C=O) groups excluding carboxylic acids is 1. The summed E-state index contributed by atoms with van der Waals surface area (Å²) in [7, 11) is 0. The Labute approximate surface area is 208 Å². The van der Waals surface area contributed by atoms with Crippen LogP contribution in [0.5, 0.6) is 0 Å². The first-order valence-electron chi connectivity index (χ1n) is 8.88. The molecule has 4 nitrogen and oxygen atoms in total. The maximum Gasteiger partial charge on any atom is 0.228 e. The Hall–Kier alpha value is -1.32. The first kappa shape index (κ1) is 23.3. The van der Waals surface area contributed by atoms with Crippen LogP contribution in [0.3, 0.4) is 0 Å². The predicted molar refractivity (Wildman–Crippen MR) is 138 cm³/mol. The van der Waals surface area contributed by atoms with Gasteiger partial charge in [0.15, 0.2) is 5.11 Å². The molecule has 0 saturated heterocycles. The van der Waals surface area contributed by atoms with Crippen LogP contribution in [0.25, 0.3) is 10.8 Å². The molecule has 9 heteroatoms. The van der Waals surface area contributed by atoms with Crippen LogP contribution in [-0.4, -0.2) is 21.0 Å². The summed E-state index contributed by atoms with van der Waals surface area (Å²) in [6.45, 7) is 0. The number of rotatable bonds is 5. The smallest absolute Gasteiger partial charge is 0.228 e. The number of thiocarbonyl (C=S) groups is 1. The summed E-state index contributed by atoms with van der Waals surface area (Å²) in [5.74, 6) is -0.299. The van der Waals surface area contributed by atoms with Crippen LogP contribution in [-0.2, 0) is 11.2 Å². The van der Waals surface area contributed by atoms with Crippen LogP contribution in [0.1, 0.15) is 5.56 Å². The zero-order valence-electron chi connectivity index (χ0n) is 15.5. The average Bonchev–Trinajstić information content (AvgIpc) is 2.69. The van der Waals surface area contributed by atoms with Crippen LogP contribution in [0.15, 0.2) is 66.7 Å². The Morgan fingerprint density at radius 3 is 2.33 bits per heavy atom. The molecule has 1 atom stereocenters. The van der Waals surface area contributed by atoms with E-state index in [0.717, 1.165) is 25.6 Å². The first-order valence-corrected chi connectivity index (χ1v) is 11.5. The van der Waals surface area contributed by atoms with Gasteiger partial charge in [0.1, 0.15) is 6.17 Å². The van der Waals surface area contributed by atoms with Gasteiger partial charge < -0.3 is 16.0 Å². The van der Waals surface area contributed by atoms with E-state index in [1.165, 1.54) is 0 Å². The molecule has 0 spiro atoms. The number of hydrogen-bond donors (Lipinski definition) is 3. The van der Waals surface area contributed by atoms with Gasteiger partial charge in [0.25, 0.3) is 0 Å². The number of benzene rings is 3. The molecule has 0 unspecified atom stereocenters. The number of halogens is 4. The highest BCUT2D eigenvalue weighted by molar-refractivity contribution is 14.1. The fourth-order valence-electron chi connectivity index (χ4n) is 2.86. The number of fused-ring (bicyclic) bond motifs is 1. The minimum atomic E-state index is -1.81. The third kappa shape index (κ3) is 6.59. The SMILES string of the molecule is O=C(Cc1cccc2ccccc12)N[C@H](NC(=S)Nc1ccc(I)cc1)C(Cl)(Cl)Cl. The summed E-state index contributed by atoms with van der Waals surface area (Å²) in [4.78, 5) is 12.7. The van der Waals surface area contributed by atoms with Crippen LogP contribution in [0.4, 0.5) is 5.69 Å². The number of carbonyl (C=O) groups is 1. The highest BCUT2D eigenvalue weighted by Gasteiger charge is 2.34. The van der Waals surface area contributed by atoms with E-state index in [0.29, 0.717) is 0 Å². The third-order valence-corrected chi connectivity index (χ3v) is 5.83. The summed E-state index contributed by atoms with van der Waals surface area (Å²) in [5.41, 5.74) is 1.66. The van der Waals surface area contributed by atoms with Gasteiger partial charge in [-0.25, -0.2) is 0 Å². The second kappa shape index (κ2) is 10.3. The molecule has 0 fully saturated rings. The molecule has 0 aliphatic carbocycles. The molecule has 156 valence electrons. The van der Waals surface area contributed by atoms with E-state index in [2.05, 4.69) is 38.5 Å². The van der Waals surface area contributed by atoms with E-state index in [4.69, 9.17) is 47.0 Å². The monoisotopic (exact) mass is 591 g/mol. The standard InChI is InChI=1S/C21H17Cl3IN3OS/c22-21(23,24)19(28-20(30)26-16-10-8-15(25)9-11-16)27-18(29)12-14-6-3-5-13-4-1-2-7-17(13)14/h1-11,19H,12H2,(H,27,29)(H2,26,28,30)/t19-/m1/s1. The quantitative estimate of drug-likeness (QED) is 0.152. The fourth-order valence-corrected chi connectivity index (χ4v) is 3.79. The lowest BCUT2D eigenvalue weighted by atomic mass is 10.0. The molecular weight excluding hydrogens is 576 g/mol. The van der Waals surface area contributed by atoms with Gasteiger partial charge >= 0.3 is 0 Å². The molecule has 0 saturated carbocycles. The number of amides is 1. The fraction of sp³-hybridized carbons (Fsp3) is 0.143. The van der Waals surface area contributed by atoms with E-state index in [9.17, 15) is 4.79 Å². The van der Waals surface area contributed by atoms with Crippen molar-refractivity contribution >= 4 is 97.1 Å². The minimum Gasteiger partial charge on any atom is -0.339 e. The van der Waals surface area contributed by atoms with Gasteiger partial charge in [-0.15, -0.1) is 0 Å². The normalized spacial score (nSPS) is 12.3. The zero-order valence-corrected chi connectivity index (χ0v) is 20.7. The van der Waals surface area contributed by atoms with Crippen LogP contribution >= 0.6 is 69.6 Å². The van der Waals surface area contributed by atoms with Gasteiger partial charge in [0.05, 0.1) is 6.42 Å². The van der Waals surface area contributed by atoms with E-state index >= 15 is 0 Å². The summed E-state index contributed by atoms with van der Waals surface area (Å²) in [5, 5.41) is 10.9. The maximum atomic E-state index is 12.7. The minimum absolute atomic E-state index is 0.137. The lowest BCUT2D eigenvalue weighted by Crippen LogP contribution is -2.56. The van der Waals surface area contributed by atoms with Crippen LogP contribution in [0.2, 0.25) is 0 Å². The Morgan fingerprint density at radius 2 is 1.63 bits per heavy atom. The van der Waals surface area contributed by atoms with Crippen molar-refractivity contribution in [3.05, 3.63) is 75.9 Å². The maximum absolute atomic E-state index is 12.7. The number of nitrogens with one attached hydrogen (secondary N) is 3. The van der Waals surface area contributed by atoms with Crippen molar-refractivity contribution in [1.29, 1.82) is 0 Å². The van der Waals surface area contributed by atoms with E-state index in [1.54, 1.807) is 0 Å². The lowest BCUT2D eigenvalue weighted by molar-refractivity contribution is -0.121. The van der Waals surface area contributed by atoms with Crippen molar-refractivity contribution in [1.82, 2.24) is 10.6 Å². The number of alkyl halides is 3. The topological polar surface area (TPSA) is 53.2 Å². The Morgan fingerprint density at radius 1 is 0.967 bits per heavy atom. The Bertz CT molecular complexity index is 1050. The zero-order chi connectivity index (χ0) is 21.7. The molecule has 0 aliphatic rings. The van der Waals surface area contributed by atoms with Crippen LogP contribution in [0, 0.1) is 3.57 Å². The number of hydrogen-bond acceptors (Lipinski definition) is 2. The molecule has 1 amide bonds. The van der Waals surface area contributed by atoms with Crippen molar-refractivity contribution in [3.8, 4) is 0 Å². The molecule has 0 heterocycles. The lowest BCUT2D eigenvalue weighted by Gasteiger charge is -2.28. The van der Waals surface area contributed by atoms with Gasteiger partial charge in [-0.05, 0) is 75.4 Å². The Kier molecular flexibility index (Phi) is 8.04. The second-order valence-electron chi connectivity index (χ2n) is 6.46. The van der Waals surface area contributed by atoms with Crippen molar-refractivity contribution < 1.29 is 4.79 Å². The second-order valence-corrected chi connectivity index (χ2v) is 10.5.